The number of phenols is 1. The molecular formula is C17H28N2O. The van der Waals surface area contributed by atoms with Crippen LogP contribution in [0.2, 0.25) is 0 Å². The lowest BCUT2D eigenvalue weighted by atomic mass is 9.96. The maximum atomic E-state index is 9.53. The number of rotatable bonds is 6. The normalized spacial score (nSPS) is 19.1. The number of likely N-dealkylation sites (tertiary alicyclic amines) is 1. The van der Waals surface area contributed by atoms with Crippen molar-refractivity contribution in [3.05, 3.63) is 29.8 Å². The smallest absolute Gasteiger partial charge is 0.115 e. The van der Waals surface area contributed by atoms with Crippen molar-refractivity contribution in [1.29, 1.82) is 0 Å². The molecule has 0 bridgehead atoms. The van der Waals surface area contributed by atoms with Crippen LogP contribution in [0.1, 0.15) is 44.7 Å². The van der Waals surface area contributed by atoms with Gasteiger partial charge in [0.15, 0.2) is 0 Å². The van der Waals surface area contributed by atoms with Crippen LogP contribution in [0.25, 0.3) is 0 Å². The van der Waals surface area contributed by atoms with Crippen molar-refractivity contribution in [2.24, 2.45) is 5.92 Å². The van der Waals surface area contributed by atoms with Crippen LogP contribution in [-0.2, 0) is 0 Å². The zero-order valence-corrected chi connectivity index (χ0v) is 12.8. The van der Waals surface area contributed by atoms with Crippen molar-refractivity contribution in [3.63, 3.8) is 0 Å². The third-order valence-corrected chi connectivity index (χ3v) is 4.33. The van der Waals surface area contributed by atoms with Gasteiger partial charge in [0.05, 0.1) is 0 Å². The SMILES string of the molecule is CCCN1CCC(CN[C@H](C)c2cccc(O)c2)CC1. The molecule has 0 aromatic heterocycles. The molecule has 2 rings (SSSR count). The molecule has 0 radical (unpaired) electrons. The number of benzene rings is 1. The Hall–Kier alpha value is -1.06. The fourth-order valence-electron chi connectivity index (χ4n) is 2.99. The highest BCUT2D eigenvalue weighted by Crippen LogP contribution is 2.20. The molecule has 3 nitrogen and oxygen atoms in total. The predicted molar refractivity (Wildman–Crippen MR) is 84.0 cm³/mol. The third kappa shape index (κ3) is 4.50. The van der Waals surface area contributed by atoms with E-state index >= 15 is 0 Å². The molecular weight excluding hydrogens is 248 g/mol. The molecule has 1 saturated heterocycles. The molecule has 0 spiro atoms. The number of nitrogens with one attached hydrogen (secondary N) is 1. The lowest BCUT2D eigenvalue weighted by molar-refractivity contribution is 0.181. The highest BCUT2D eigenvalue weighted by molar-refractivity contribution is 5.28. The second-order valence-corrected chi connectivity index (χ2v) is 6.01. The van der Waals surface area contributed by atoms with E-state index in [0.717, 1.165) is 18.0 Å². The van der Waals surface area contributed by atoms with Crippen molar-refractivity contribution >= 4 is 0 Å². The van der Waals surface area contributed by atoms with Gasteiger partial charge in [-0.15, -0.1) is 0 Å². The molecule has 112 valence electrons. The van der Waals surface area contributed by atoms with Gasteiger partial charge in [0.25, 0.3) is 0 Å². The summed E-state index contributed by atoms with van der Waals surface area (Å²) in [5.74, 6) is 1.15. The Kier molecular flexibility index (Phi) is 5.86. The fourth-order valence-corrected chi connectivity index (χ4v) is 2.99. The minimum Gasteiger partial charge on any atom is -0.508 e. The zero-order chi connectivity index (χ0) is 14.4. The molecule has 1 heterocycles. The molecule has 1 aliphatic heterocycles. The Morgan fingerprint density at radius 1 is 1.35 bits per heavy atom. The maximum absolute atomic E-state index is 9.53. The number of hydrogen-bond acceptors (Lipinski definition) is 3. The Bertz CT molecular complexity index is 400. The van der Waals surface area contributed by atoms with Crippen LogP contribution in [0.3, 0.4) is 0 Å². The van der Waals surface area contributed by atoms with Gasteiger partial charge in [-0.2, -0.15) is 0 Å². The van der Waals surface area contributed by atoms with Gasteiger partial charge >= 0.3 is 0 Å². The second-order valence-electron chi connectivity index (χ2n) is 6.01. The summed E-state index contributed by atoms with van der Waals surface area (Å²) in [4.78, 5) is 2.58. The molecule has 1 aromatic rings. The van der Waals surface area contributed by atoms with Crippen LogP contribution >= 0.6 is 0 Å². The van der Waals surface area contributed by atoms with Crippen LogP contribution in [0.4, 0.5) is 0 Å². The van der Waals surface area contributed by atoms with Gasteiger partial charge in [0, 0.05) is 6.04 Å². The molecule has 1 aromatic carbocycles. The molecule has 1 atom stereocenters. The summed E-state index contributed by atoms with van der Waals surface area (Å²) >= 11 is 0. The van der Waals surface area contributed by atoms with E-state index in [0.29, 0.717) is 11.8 Å². The Morgan fingerprint density at radius 2 is 2.10 bits per heavy atom. The lowest BCUT2D eigenvalue weighted by Crippen LogP contribution is -2.38. The number of nitrogens with zero attached hydrogens (tertiary/aromatic N) is 1. The fraction of sp³-hybridized carbons (Fsp3) is 0.647. The van der Waals surface area contributed by atoms with Gasteiger partial charge in [0.2, 0.25) is 0 Å². The van der Waals surface area contributed by atoms with Gasteiger partial charge in [-0.1, -0.05) is 19.1 Å². The van der Waals surface area contributed by atoms with Gasteiger partial charge in [-0.05, 0) is 76.0 Å². The third-order valence-electron chi connectivity index (χ3n) is 4.33. The molecule has 2 N–H and O–H groups in total. The number of phenolic OH excluding ortho intramolecular Hbond substituents is 1. The Morgan fingerprint density at radius 3 is 2.75 bits per heavy atom. The van der Waals surface area contributed by atoms with E-state index in [2.05, 4.69) is 30.1 Å². The molecule has 3 heteroatoms. The topological polar surface area (TPSA) is 35.5 Å². The van der Waals surface area contributed by atoms with Crippen LogP contribution in [-0.4, -0.2) is 36.2 Å². The average Bonchev–Trinajstić information content (AvgIpc) is 2.46. The first-order valence-electron chi connectivity index (χ1n) is 7.93. The minimum atomic E-state index is 0.302. The zero-order valence-electron chi connectivity index (χ0n) is 12.8. The van der Waals surface area contributed by atoms with E-state index in [4.69, 9.17) is 0 Å². The van der Waals surface area contributed by atoms with E-state index in [-0.39, 0.29) is 0 Å². The van der Waals surface area contributed by atoms with Crippen molar-refractivity contribution in [2.45, 2.75) is 39.2 Å². The van der Waals surface area contributed by atoms with E-state index < -0.39 is 0 Å². The summed E-state index contributed by atoms with van der Waals surface area (Å²) in [6.45, 7) is 9.25. The molecule has 0 saturated carbocycles. The maximum Gasteiger partial charge on any atom is 0.115 e. The lowest BCUT2D eigenvalue weighted by Gasteiger charge is -2.32. The number of hydrogen-bond donors (Lipinski definition) is 2. The summed E-state index contributed by atoms with van der Waals surface area (Å²) in [6, 6.07) is 7.85. The molecule has 1 fully saturated rings. The van der Waals surface area contributed by atoms with Crippen LogP contribution < -0.4 is 5.32 Å². The molecule has 0 unspecified atom stereocenters. The summed E-state index contributed by atoms with van der Waals surface area (Å²) in [6.07, 6.45) is 3.87. The van der Waals surface area contributed by atoms with Crippen LogP contribution in [0.5, 0.6) is 5.75 Å². The Balaban J connectivity index is 1.73. The Labute approximate surface area is 123 Å². The predicted octanol–water partition coefficient (Wildman–Crippen LogP) is 3.16. The van der Waals surface area contributed by atoms with Crippen molar-refractivity contribution in [1.82, 2.24) is 10.2 Å². The van der Waals surface area contributed by atoms with Gasteiger partial charge in [-0.3, -0.25) is 0 Å². The van der Waals surface area contributed by atoms with Crippen molar-refractivity contribution in [2.75, 3.05) is 26.2 Å². The summed E-state index contributed by atoms with van der Waals surface area (Å²) < 4.78 is 0. The molecule has 0 aliphatic carbocycles. The van der Waals surface area contributed by atoms with Gasteiger partial charge < -0.3 is 15.3 Å². The number of aromatic hydroxyl groups is 1. The van der Waals surface area contributed by atoms with E-state index in [1.54, 1.807) is 6.07 Å². The van der Waals surface area contributed by atoms with E-state index in [1.165, 1.54) is 38.9 Å². The summed E-state index contributed by atoms with van der Waals surface area (Å²) in [5.41, 5.74) is 1.16. The highest BCUT2D eigenvalue weighted by Gasteiger charge is 2.19. The molecule has 0 amide bonds. The monoisotopic (exact) mass is 276 g/mol. The van der Waals surface area contributed by atoms with E-state index in [9.17, 15) is 5.11 Å². The van der Waals surface area contributed by atoms with Crippen molar-refractivity contribution < 1.29 is 5.11 Å². The molecule has 1 aliphatic rings. The first-order chi connectivity index (χ1) is 9.69. The summed E-state index contributed by atoms with van der Waals surface area (Å²) in [7, 11) is 0. The summed E-state index contributed by atoms with van der Waals surface area (Å²) in [5, 5.41) is 13.1. The number of piperidine rings is 1. The minimum absolute atomic E-state index is 0.302. The highest BCUT2D eigenvalue weighted by atomic mass is 16.3. The van der Waals surface area contributed by atoms with Gasteiger partial charge in [-0.25, -0.2) is 0 Å². The average molecular weight is 276 g/mol. The molecule has 20 heavy (non-hydrogen) atoms. The quantitative estimate of drug-likeness (QED) is 0.838. The van der Waals surface area contributed by atoms with Gasteiger partial charge in [0.1, 0.15) is 5.75 Å². The van der Waals surface area contributed by atoms with Crippen molar-refractivity contribution in [3.8, 4) is 5.75 Å². The van der Waals surface area contributed by atoms with Crippen LogP contribution in [0.15, 0.2) is 24.3 Å². The van der Waals surface area contributed by atoms with Crippen LogP contribution in [0, 0.1) is 5.92 Å². The standard InChI is InChI=1S/C17H28N2O/c1-3-9-19-10-7-15(8-11-19)13-18-14(2)16-5-4-6-17(20)12-16/h4-6,12,14-15,18,20H,3,7-11,13H2,1-2H3/t14-/m1/s1. The largest absolute Gasteiger partial charge is 0.508 e. The first-order valence-corrected chi connectivity index (χ1v) is 7.93. The second kappa shape index (κ2) is 7.65. The van der Waals surface area contributed by atoms with E-state index in [1.807, 2.05) is 12.1 Å². The first kappa shape index (κ1) is 15.3.